The molecule has 1 saturated heterocycles. The molecule has 0 saturated carbocycles. The molecule has 148 valence electrons. The Kier molecular flexibility index (Phi) is 7.97. The lowest BCUT2D eigenvalue weighted by Gasteiger charge is -2.33. The van der Waals surface area contributed by atoms with Gasteiger partial charge in [0.15, 0.2) is 12.2 Å². The third kappa shape index (κ3) is 5.95. The molecule has 0 aromatic rings. The average molecular weight is 376 g/mol. The van der Waals surface area contributed by atoms with Crippen molar-refractivity contribution in [2.24, 2.45) is 0 Å². The molecule has 0 radical (unpaired) electrons. The van der Waals surface area contributed by atoms with Gasteiger partial charge in [0.2, 0.25) is 5.79 Å². The van der Waals surface area contributed by atoms with Crippen LogP contribution in [-0.4, -0.2) is 67.8 Å². The van der Waals surface area contributed by atoms with Crippen LogP contribution in [0.25, 0.3) is 0 Å². The maximum absolute atomic E-state index is 11.6. The molecule has 0 N–H and O–H groups in total. The Labute approximate surface area is 151 Å². The van der Waals surface area contributed by atoms with E-state index in [1.54, 1.807) is 6.92 Å². The number of carbonyl (C=O) groups is 4. The van der Waals surface area contributed by atoms with Crippen molar-refractivity contribution in [3.05, 3.63) is 0 Å². The summed E-state index contributed by atoms with van der Waals surface area (Å²) >= 11 is 0. The van der Waals surface area contributed by atoms with Gasteiger partial charge < -0.3 is 28.4 Å². The molecule has 4 atom stereocenters. The number of ether oxygens (including phenoxy) is 6. The molecule has 0 spiro atoms. The predicted octanol–water partition coefficient (Wildman–Crippen LogP) is 0.108. The lowest BCUT2D eigenvalue weighted by atomic mass is 10.0. The van der Waals surface area contributed by atoms with Crippen molar-refractivity contribution in [3.8, 4) is 0 Å². The summed E-state index contributed by atoms with van der Waals surface area (Å²) in [6, 6.07) is 0. The fraction of sp³-hybridized carbons (Fsp3) is 0.750. The molecule has 10 heteroatoms. The minimum Gasteiger partial charge on any atom is -0.463 e. The first-order valence-electron chi connectivity index (χ1n) is 8.04. The summed E-state index contributed by atoms with van der Waals surface area (Å²) in [6.45, 7) is 5.80. The average Bonchev–Trinajstić information content (AvgIpc) is 2.77. The van der Waals surface area contributed by atoms with Gasteiger partial charge in [-0.1, -0.05) is 0 Å². The quantitative estimate of drug-likeness (QED) is 0.426. The lowest BCUT2D eigenvalue weighted by Crippen LogP contribution is -2.52. The second kappa shape index (κ2) is 9.48. The minimum atomic E-state index is -1.71. The van der Waals surface area contributed by atoms with E-state index in [2.05, 4.69) is 0 Å². The van der Waals surface area contributed by atoms with Crippen LogP contribution in [-0.2, 0) is 47.6 Å². The molecule has 0 aromatic heterocycles. The highest BCUT2D eigenvalue weighted by Crippen LogP contribution is 2.37. The van der Waals surface area contributed by atoms with Gasteiger partial charge in [0.1, 0.15) is 19.3 Å². The molecule has 0 aliphatic carbocycles. The van der Waals surface area contributed by atoms with Gasteiger partial charge in [-0.15, -0.1) is 0 Å². The van der Waals surface area contributed by atoms with Gasteiger partial charge in [-0.3, -0.25) is 19.2 Å². The van der Waals surface area contributed by atoms with Crippen LogP contribution in [0.5, 0.6) is 0 Å². The second-order valence-corrected chi connectivity index (χ2v) is 5.59. The Morgan fingerprint density at radius 2 is 1.46 bits per heavy atom. The molecule has 10 nitrogen and oxygen atoms in total. The summed E-state index contributed by atoms with van der Waals surface area (Å²) in [5, 5.41) is 0. The van der Waals surface area contributed by atoms with Gasteiger partial charge in [0.05, 0.1) is 0 Å². The number of hydrogen-bond acceptors (Lipinski definition) is 10. The molecule has 1 aliphatic heterocycles. The first-order chi connectivity index (χ1) is 12.1. The molecule has 0 aromatic carbocycles. The molecule has 26 heavy (non-hydrogen) atoms. The van der Waals surface area contributed by atoms with Crippen molar-refractivity contribution >= 4 is 23.9 Å². The van der Waals surface area contributed by atoms with E-state index in [9.17, 15) is 19.2 Å². The lowest BCUT2D eigenvalue weighted by molar-refractivity contribution is -0.280. The first kappa shape index (κ1) is 21.8. The molecule has 0 unspecified atom stereocenters. The standard InChI is InChI=1S/C16H24O10/c1-6-23-16(8-22-10(3)18)15(25-12(5)20)14(24-11(4)19)13(26-16)7-21-9(2)17/h13-15H,6-8H2,1-5H3/t13-,14+,15+,16+/m0/s1. The van der Waals surface area contributed by atoms with Crippen molar-refractivity contribution < 1.29 is 47.6 Å². The van der Waals surface area contributed by atoms with Crippen LogP contribution in [0.4, 0.5) is 0 Å². The molecule has 0 bridgehead atoms. The summed E-state index contributed by atoms with van der Waals surface area (Å²) in [7, 11) is 0. The molecule has 1 heterocycles. The zero-order valence-corrected chi connectivity index (χ0v) is 15.4. The molecule has 1 rings (SSSR count). The highest BCUT2D eigenvalue weighted by atomic mass is 16.8. The highest BCUT2D eigenvalue weighted by molar-refractivity contribution is 5.68. The molecular formula is C16H24O10. The van der Waals surface area contributed by atoms with Crippen molar-refractivity contribution in [1.29, 1.82) is 0 Å². The van der Waals surface area contributed by atoms with Crippen LogP contribution in [0.2, 0.25) is 0 Å². The third-order valence-electron chi connectivity index (χ3n) is 3.36. The Bertz CT molecular complexity index is 545. The Hall–Kier alpha value is -2.20. The van der Waals surface area contributed by atoms with E-state index in [1.165, 1.54) is 20.8 Å². The monoisotopic (exact) mass is 376 g/mol. The number of carbonyl (C=O) groups excluding carboxylic acids is 4. The highest BCUT2D eigenvalue weighted by Gasteiger charge is 2.61. The minimum absolute atomic E-state index is 0.117. The molecule has 0 amide bonds. The smallest absolute Gasteiger partial charge is 0.303 e. The molecule has 1 aliphatic rings. The summed E-state index contributed by atoms with van der Waals surface area (Å²) in [5.41, 5.74) is 0. The Morgan fingerprint density at radius 1 is 0.885 bits per heavy atom. The van der Waals surface area contributed by atoms with Crippen molar-refractivity contribution in [3.63, 3.8) is 0 Å². The third-order valence-corrected chi connectivity index (χ3v) is 3.36. The van der Waals surface area contributed by atoms with Crippen LogP contribution in [0, 0.1) is 0 Å². The van der Waals surface area contributed by atoms with E-state index >= 15 is 0 Å². The van der Waals surface area contributed by atoms with Gasteiger partial charge >= 0.3 is 23.9 Å². The maximum Gasteiger partial charge on any atom is 0.303 e. The van der Waals surface area contributed by atoms with Crippen LogP contribution in [0.15, 0.2) is 0 Å². The summed E-state index contributed by atoms with van der Waals surface area (Å²) in [5.74, 6) is -4.24. The van der Waals surface area contributed by atoms with Gasteiger partial charge in [-0.05, 0) is 6.92 Å². The van der Waals surface area contributed by atoms with Crippen LogP contribution >= 0.6 is 0 Å². The number of rotatable bonds is 8. The van der Waals surface area contributed by atoms with Gasteiger partial charge in [0.25, 0.3) is 0 Å². The van der Waals surface area contributed by atoms with Crippen LogP contribution in [0.3, 0.4) is 0 Å². The van der Waals surface area contributed by atoms with E-state index in [-0.39, 0.29) is 13.2 Å². The first-order valence-corrected chi connectivity index (χ1v) is 8.04. The van der Waals surface area contributed by atoms with Crippen LogP contribution < -0.4 is 0 Å². The largest absolute Gasteiger partial charge is 0.463 e. The normalized spacial score (nSPS) is 27.5. The van der Waals surface area contributed by atoms with Crippen LogP contribution in [0.1, 0.15) is 34.6 Å². The second-order valence-electron chi connectivity index (χ2n) is 5.59. The Morgan fingerprint density at radius 3 is 1.92 bits per heavy atom. The number of esters is 4. The topological polar surface area (TPSA) is 124 Å². The summed E-state index contributed by atoms with van der Waals surface area (Å²) in [6.07, 6.45) is -3.35. The van der Waals surface area contributed by atoms with E-state index in [0.717, 1.165) is 6.92 Å². The van der Waals surface area contributed by atoms with Gasteiger partial charge in [-0.25, -0.2) is 0 Å². The van der Waals surface area contributed by atoms with Crippen molar-refractivity contribution in [2.45, 2.75) is 58.7 Å². The fourth-order valence-corrected chi connectivity index (χ4v) is 2.55. The zero-order chi connectivity index (χ0) is 19.9. The summed E-state index contributed by atoms with van der Waals surface area (Å²) < 4.78 is 31.8. The fourth-order valence-electron chi connectivity index (χ4n) is 2.55. The maximum atomic E-state index is 11.6. The van der Waals surface area contributed by atoms with Gasteiger partial charge in [0, 0.05) is 34.3 Å². The van der Waals surface area contributed by atoms with Gasteiger partial charge in [-0.2, -0.15) is 0 Å². The van der Waals surface area contributed by atoms with E-state index in [0.29, 0.717) is 0 Å². The van der Waals surface area contributed by atoms with E-state index in [1.807, 2.05) is 0 Å². The van der Waals surface area contributed by atoms with E-state index in [4.69, 9.17) is 28.4 Å². The molecule has 1 fully saturated rings. The van der Waals surface area contributed by atoms with Crippen molar-refractivity contribution in [1.82, 2.24) is 0 Å². The number of hydrogen-bond donors (Lipinski definition) is 0. The van der Waals surface area contributed by atoms with Crippen molar-refractivity contribution in [2.75, 3.05) is 19.8 Å². The van der Waals surface area contributed by atoms with E-state index < -0.39 is 54.6 Å². The Balaban J connectivity index is 3.23. The molecular weight excluding hydrogens is 352 g/mol. The zero-order valence-electron chi connectivity index (χ0n) is 15.4. The summed E-state index contributed by atoms with van der Waals surface area (Å²) in [4.78, 5) is 45.4. The SMILES string of the molecule is CCO[C@]1(COC(C)=O)O[C@@H](COC(C)=O)[C@@H](OC(C)=O)[C@H]1OC(C)=O. The predicted molar refractivity (Wildman–Crippen MR) is 83.6 cm³/mol.